The van der Waals surface area contributed by atoms with Gasteiger partial charge in [0, 0.05) is 36.5 Å². The van der Waals surface area contributed by atoms with Gasteiger partial charge in [-0.05, 0) is 43.7 Å². The Bertz CT molecular complexity index is 1190. The number of aliphatic hydroxyl groups is 1. The molecule has 2 unspecified atom stereocenters. The van der Waals surface area contributed by atoms with E-state index in [0.717, 1.165) is 69.9 Å². The molecule has 2 N–H and O–H groups in total. The fourth-order valence-electron chi connectivity index (χ4n) is 5.97. The van der Waals surface area contributed by atoms with Crippen LogP contribution < -0.4 is 5.32 Å². The number of aromatic nitrogens is 3. The van der Waals surface area contributed by atoms with Gasteiger partial charge in [-0.15, -0.1) is 0 Å². The number of halogens is 2. The van der Waals surface area contributed by atoms with Crippen molar-refractivity contribution in [3.05, 3.63) is 59.7 Å². The van der Waals surface area contributed by atoms with E-state index in [0.29, 0.717) is 11.2 Å². The molecule has 2 saturated carbocycles. The van der Waals surface area contributed by atoms with Crippen LogP contribution in [0, 0.1) is 17.6 Å². The lowest BCUT2D eigenvalue weighted by atomic mass is 9.82. The Balaban J connectivity index is 1.59. The second-order valence-electron chi connectivity index (χ2n) is 10.3. The largest absolute Gasteiger partial charge is 0.385 e. The first-order valence-corrected chi connectivity index (χ1v) is 13.3. The van der Waals surface area contributed by atoms with Crippen LogP contribution in [-0.2, 0) is 11.2 Å². The summed E-state index contributed by atoms with van der Waals surface area (Å²) in [6.07, 6.45) is 10.9. The Morgan fingerprint density at radius 2 is 1.72 bits per heavy atom. The summed E-state index contributed by atoms with van der Waals surface area (Å²) in [7, 11) is 0. The molecular weight excluding hydrogens is 462 g/mol. The topological polar surface area (TPSA) is 80.0 Å². The van der Waals surface area contributed by atoms with Gasteiger partial charge >= 0.3 is 0 Å². The van der Waals surface area contributed by atoms with Crippen molar-refractivity contribution in [2.24, 2.45) is 5.92 Å². The maximum Gasteiger partial charge on any atom is 0.243 e. The number of aliphatic hydroxyl groups excluding tert-OH is 1. The lowest BCUT2D eigenvalue weighted by Crippen LogP contribution is -2.44. The van der Waals surface area contributed by atoms with Crippen molar-refractivity contribution in [2.45, 2.75) is 88.8 Å². The molecule has 2 aromatic heterocycles. The van der Waals surface area contributed by atoms with Crippen LogP contribution in [0.1, 0.15) is 87.9 Å². The molecule has 6 nitrogen and oxygen atoms in total. The van der Waals surface area contributed by atoms with E-state index >= 15 is 0 Å². The summed E-state index contributed by atoms with van der Waals surface area (Å²) in [5, 5.41) is 14.6. The second kappa shape index (κ2) is 11.0. The molecule has 2 heterocycles. The number of carbonyl (C=O) groups is 1. The highest BCUT2D eigenvalue weighted by atomic mass is 19.2. The van der Waals surface area contributed by atoms with Crippen LogP contribution >= 0.6 is 0 Å². The summed E-state index contributed by atoms with van der Waals surface area (Å²) in [6, 6.07) is 7.06. The van der Waals surface area contributed by atoms with E-state index in [1.165, 1.54) is 6.42 Å². The summed E-state index contributed by atoms with van der Waals surface area (Å²) in [5.41, 5.74) is 1.23. The van der Waals surface area contributed by atoms with Gasteiger partial charge in [0.1, 0.15) is 18.0 Å². The Hall–Kier alpha value is -2.87. The molecule has 0 radical (unpaired) electrons. The number of nitrogens with zero attached hydrogens (tertiary/aromatic N) is 3. The highest BCUT2D eigenvalue weighted by molar-refractivity contribution is 5.85. The van der Waals surface area contributed by atoms with Crippen molar-refractivity contribution < 1.29 is 18.7 Å². The van der Waals surface area contributed by atoms with Crippen molar-refractivity contribution >= 4 is 16.9 Å². The van der Waals surface area contributed by atoms with Crippen molar-refractivity contribution in [2.75, 3.05) is 0 Å². The van der Waals surface area contributed by atoms with Gasteiger partial charge in [0.2, 0.25) is 5.91 Å². The molecule has 0 aliphatic heterocycles. The molecule has 8 heteroatoms. The molecule has 192 valence electrons. The zero-order chi connectivity index (χ0) is 25.1. The SMILES string of the molecule is O=C(NC1CCCCC1)C(C1CCCCC1)n1c(C(O)Cc2ccccn2)nc2cc(F)c(F)cc21. The molecule has 2 atom stereocenters. The van der Waals surface area contributed by atoms with Crippen LogP contribution in [-0.4, -0.2) is 31.6 Å². The standard InChI is InChI=1S/C28H34F2N4O2/c29-21-16-23-24(17-22(21)30)34(27(33-23)25(35)15-20-13-7-8-14-31-20)26(18-9-3-1-4-10-18)28(36)32-19-11-5-2-6-12-19/h7-8,13-14,16-19,25-26,35H,1-6,9-12,15H2,(H,32,36). The van der Waals surface area contributed by atoms with E-state index in [2.05, 4.69) is 15.3 Å². The summed E-state index contributed by atoms with van der Waals surface area (Å²) >= 11 is 0. The van der Waals surface area contributed by atoms with Crippen LogP contribution in [0.2, 0.25) is 0 Å². The van der Waals surface area contributed by atoms with Gasteiger partial charge in [0.15, 0.2) is 11.6 Å². The van der Waals surface area contributed by atoms with Gasteiger partial charge in [0.25, 0.3) is 0 Å². The smallest absolute Gasteiger partial charge is 0.243 e. The number of hydrogen-bond acceptors (Lipinski definition) is 4. The third kappa shape index (κ3) is 5.28. The Labute approximate surface area is 210 Å². The predicted molar refractivity (Wildman–Crippen MR) is 133 cm³/mol. The average Bonchev–Trinajstić information content (AvgIpc) is 3.24. The van der Waals surface area contributed by atoms with Crippen molar-refractivity contribution in [1.29, 1.82) is 0 Å². The molecule has 0 saturated heterocycles. The first kappa shape index (κ1) is 24.8. The minimum atomic E-state index is -1.09. The maximum absolute atomic E-state index is 14.5. The molecule has 0 bridgehead atoms. The molecular formula is C28H34F2N4O2. The van der Waals surface area contributed by atoms with Crippen LogP contribution in [0.4, 0.5) is 8.78 Å². The summed E-state index contributed by atoms with van der Waals surface area (Å²) in [6.45, 7) is 0. The summed E-state index contributed by atoms with van der Waals surface area (Å²) in [5.74, 6) is -1.85. The first-order valence-electron chi connectivity index (χ1n) is 13.3. The molecule has 2 fully saturated rings. The van der Waals surface area contributed by atoms with Gasteiger partial charge in [-0.25, -0.2) is 13.8 Å². The van der Waals surface area contributed by atoms with E-state index in [1.54, 1.807) is 16.8 Å². The molecule has 3 aromatic rings. The van der Waals surface area contributed by atoms with E-state index < -0.39 is 23.8 Å². The van der Waals surface area contributed by atoms with E-state index in [4.69, 9.17) is 0 Å². The summed E-state index contributed by atoms with van der Waals surface area (Å²) < 4.78 is 30.4. The highest BCUT2D eigenvalue weighted by Gasteiger charge is 2.36. The number of rotatable bonds is 7. The quantitative estimate of drug-likeness (QED) is 0.449. The first-order chi connectivity index (χ1) is 17.5. The predicted octanol–water partition coefficient (Wildman–Crippen LogP) is 5.56. The molecule has 1 amide bonds. The fourth-order valence-corrected chi connectivity index (χ4v) is 5.97. The average molecular weight is 497 g/mol. The number of pyridine rings is 1. The minimum Gasteiger partial charge on any atom is -0.385 e. The zero-order valence-electron chi connectivity index (χ0n) is 20.5. The van der Waals surface area contributed by atoms with Crippen LogP contribution in [0.25, 0.3) is 11.0 Å². The lowest BCUT2D eigenvalue weighted by Gasteiger charge is -2.34. The summed E-state index contributed by atoms with van der Waals surface area (Å²) in [4.78, 5) is 22.8. The van der Waals surface area contributed by atoms with Crippen LogP contribution in [0.3, 0.4) is 0 Å². The zero-order valence-corrected chi connectivity index (χ0v) is 20.5. The van der Waals surface area contributed by atoms with Crippen LogP contribution in [0.5, 0.6) is 0 Å². The molecule has 0 spiro atoms. The lowest BCUT2D eigenvalue weighted by molar-refractivity contribution is -0.127. The van der Waals surface area contributed by atoms with Crippen molar-refractivity contribution in [1.82, 2.24) is 19.9 Å². The maximum atomic E-state index is 14.5. The number of carbonyl (C=O) groups excluding carboxylic acids is 1. The van der Waals surface area contributed by atoms with Gasteiger partial charge < -0.3 is 15.0 Å². The molecule has 2 aliphatic carbocycles. The van der Waals surface area contributed by atoms with Gasteiger partial charge in [-0.3, -0.25) is 9.78 Å². The van der Waals surface area contributed by atoms with Crippen LogP contribution in [0.15, 0.2) is 36.5 Å². The highest BCUT2D eigenvalue weighted by Crippen LogP contribution is 2.38. The second-order valence-corrected chi connectivity index (χ2v) is 10.3. The van der Waals surface area contributed by atoms with Gasteiger partial charge in [-0.1, -0.05) is 44.6 Å². The number of benzene rings is 1. The van der Waals surface area contributed by atoms with Crippen molar-refractivity contribution in [3.8, 4) is 0 Å². The monoisotopic (exact) mass is 496 g/mol. The van der Waals surface area contributed by atoms with Gasteiger partial charge in [0.05, 0.1) is 11.0 Å². The minimum absolute atomic E-state index is 0.0219. The fraction of sp³-hybridized carbons (Fsp3) is 0.536. The van der Waals surface area contributed by atoms with E-state index in [-0.39, 0.29) is 35.6 Å². The Kier molecular flexibility index (Phi) is 7.60. The number of hydrogen-bond donors (Lipinski definition) is 2. The number of fused-ring (bicyclic) bond motifs is 1. The van der Waals surface area contributed by atoms with E-state index in [1.807, 2.05) is 12.1 Å². The van der Waals surface area contributed by atoms with Crippen molar-refractivity contribution in [3.63, 3.8) is 0 Å². The Morgan fingerprint density at radius 1 is 1.03 bits per heavy atom. The number of imidazole rings is 1. The Morgan fingerprint density at radius 3 is 2.42 bits per heavy atom. The number of nitrogens with one attached hydrogen (secondary N) is 1. The molecule has 2 aliphatic rings. The van der Waals surface area contributed by atoms with Gasteiger partial charge in [-0.2, -0.15) is 0 Å². The van der Waals surface area contributed by atoms with E-state index in [9.17, 15) is 18.7 Å². The molecule has 1 aromatic carbocycles. The normalized spacial score (nSPS) is 19.3. The third-order valence-corrected chi connectivity index (χ3v) is 7.78. The third-order valence-electron chi connectivity index (χ3n) is 7.78. The molecule has 5 rings (SSSR count). The molecule has 36 heavy (non-hydrogen) atoms. The number of amides is 1.